The Morgan fingerprint density at radius 1 is 1.12 bits per heavy atom. The van der Waals surface area contributed by atoms with Gasteiger partial charge in [0.25, 0.3) is 0 Å². The highest BCUT2D eigenvalue weighted by Gasteiger charge is 2.15. The first-order valence-electron chi connectivity index (χ1n) is 6.51. The maximum absolute atomic E-state index is 11.2. The molecule has 0 fully saturated rings. The standard InChI is InChI=1S/C16H13ClN2O3.2ClH/c1-19-14-7-11(22-10-4-2-9(18)3-5-10)6-13(17)12(14)8-15(19)16(20)21;;/h2-8H,18H2,1H3,(H,20,21);2*1H. The number of carboxylic acid groups (broad SMARTS) is 1. The van der Waals surface area contributed by atoms with Crippen molar-refractivity contribution in [3.05, 3.63) is 53.2 Å². The summed E-state index contributed by atoms with van der Waals surface area (Å²) < 4.78 is 7.32. The molecule has 128 valence electrons. The Labute approximate surface area is 155 Å². The summed E-state index contributed by atoms with van der Waals surface area (Å²) in [5.74, 6) is 0.147. The number of nitrogens with two attached hydrogens (primary N) is 1. The van der Waals surface area contributed by atoms with E-state index in [0.717, 1.165) is 0 Å². The molecule has 8 heteroatoms. The summed E-state index contributed by atoms with van der Waals surface area (Å²) in [6.07, 6.45) is 0. The summed E-state index contributed by atoms with van der Waals surface area (Å²) in [6.45, 7) is 0. The van der Waals surface area contributed by atoms with Crippen molar-refractivity contribution >= 4 is 59.0 Å². The van der Waals surface area contributed by atoms with E-state index in [4.69, 9.17) is 22.1 Å². The quantitative estimate of drug-likeness (QED) is 0.634. The molecule has 0 spiro atoms. The minimum absolute atomic E-state index is 0. The van der Waals surface area contributed by atoms with Gasteiger partial charge in [0.05, 0.1) is 10.5 Å². The Balaban J connectivity index is 0.00000144. The molecule has 5 nitrogen and oxygen atoms in total. The van der Waals surface area contributed by atoms with E-state index in [-0.39, 0.29) is 30.5 Å². The van der Waals surface area contributed by atoms with Crippen molar-refractivity contribution in [3.8, 4) is 11.5 Å². The van der Waals surface area contributed by atoms with Crippen LogP contribution in [0.4, 0.5) is 5.69 Å². The highest BCUT2D eigenvalue weighted by Crippen LogP contribution is 2.33. The van der Waals surface area contributed by atoms with Crippen molar-refractivity contribution in [2.24, 2.45) is 7.05 Å². The zero-order valence-corrected chi connectivity index (χ0v) is 14.9. The van der Waals surface area contributed by atoms with Crippen LogP contribution in [0.25, 0.3) is 10.9 Å². The molecule has 3 aromatic rings. The topological polar surface area (TPSA) is 77.5 Å². The van der Waals surface area contributed by atoms with Crippen LogP contribution in [0.2, 0.25) is 5.02 Å². The average molecular weight is 390 g/mol. The molecule has 0 radical (unpaired) electrons. The number of hydrogen-bond acceptors (Lipinski definition) is 3. The van der Waals surface area contributed by atoms with E-state index in [1.165, 1.54) is 0 Å². The van der Waals surface area contributed by atoms with Crippen LogP contribution < -0.4 is 10.5 Å². The number of nitrogens with zero attached hydrogens (tertiary/aromatic N) is 1. The Morgan fingerprint density at radius 2 is 1.75 bits per heavy atom. The Hall–Kier alpha value is -2.08. The van der Waals surface area contributed by atoms with Gasteiger partial charge in [0, 0.05) is 30.3 Å². The van der Waals surface area contributed by atoms with Crippen molar-refractivity contribution in [2.75, 3.05) is 5.73 Å². The normalized spacial score (nSPS) is 9.92. The fourth-order valence-electron chi connectivity index (χ4n) is 2.30. The smallest absolute Gasteiger partial charge is 0.352 e. The highest BCUT2D eigenvalue weighted by atomic mass is 35.5. The zero-order chi connectivity index (χ0) is 15.9. The number of hydrogen-bond donors (Lipinski definition) is 2. The van der Waals surface area contributed by atoms with Gasteiger partial charge in [-0.3, -0.25) is 0 Å². The first-order chi connectivity index (χ1) is 10.5. The number of carboxylic acids is 1. The fraction of sp³-hybridized carbons (Fsp3) is 0.0625. The lowest BCUT2D eigenvalue weighted by Crippen LogP contribution is -2.03. The number of benzene rings is 2. The van der Waals surface area contributed by atoms with Gasteiger partial charge in [-0.25, -0.2) is 4.79 Å². The van der Waals surface area contributed by atoms with Crippen molar-refractivity contribution in [3.63, 3.8) is 0 Å². The predicted molar refractivity (Wildman–Crippen MR) is 100 cm³/mol. The van der Waals surface area contributed by atoms with Crippen molar-refractivity contribution in [1.82, 2.24) is 4.57 Å². The number of carbonyl (C=O) groups is 1. The molecule has 0 saturated carbocycles. The first-order valence-corrected chi connectivity index (χ1v) is 6.89. The van der Waals surface area contributed by atoms with Crippen LogP contribution in [0.15, 0.2) is 42.5 Å². The molecule has 1 heterocycles. The molecule has 3 N–H and O–H groups in total. The summed E-state index contributed by atoms with van der Waals surface area (Å²) >= 11 is 6.24. The summed E-state index contributed by atoms with van der Waals surface area (Å²) in [5.41, 5.74) is 7.14. The van der Waals surface area contributed by atoms with Crippen LogP contribution in [0, 0.1) is 0 Å². The van der Waals surface area contributed by atoms with Gasteiger partial charge in [-0.05, 0) is 30.3 Å². The lowest BCUT2D eigenvalue weighted by Gasteiger charge is -2.08. The van der Waals surface area contributed by atoms with Crippen LogP contribution in [0.3, 0.4) is 0 Å². The molecule has 2 aromatic carbocycles. The molecule has 0 aliphatic heterocycles. The van der Waals surface area contributed by atoms with Crippen molar-refractivity contribution < 1.29 is 14.6 Å². The van der Waals surface area contributed by atoms with E-state index >= 15 is 0 Å². The molecule has 0 bridgehead atoms. The van der Waals surface area contributed by atoms with Crippen molar-refractivity contribution in [2.45, 2.75) is 0 Å². The molecular formula is C16H15Cl3N2O3. The summed E-state index contributed by atoms with van der Waals surface area (Å²) in [7, 11) is 1.68. The van der Waals surface area contributed by atoms with Gasteiger partial charge in [-0.1, -0.05) is 11.6 Å². The molecule has 0 aliphatic rings. The number of aryl methyl sites for hydroxylation is 1. The first kappa shape index (κ1) is 20.0. The van der Waals surface area contributed by atoms with Gasteiger partial charge in [-0.15, -0.1) is 24.8 Å². The minimum Gasteiger partial charge on any atom is -0.477 e. The average Bonchev–Trinajstić information content (AvgIpc) is 2.80. The van der Waals surface area contributed by atoms with E-state index in [1.807, 2.05) is 0 Å². The summed E-state index contributed by atoms with van der Waals surface area (Å²) in [6, 6.07) is 11.9. The number of halogens is 3. The third kappa shape index (κ3) is 3.70. The maximum atomic E-state index is 11.2. The second-order valence-corrected chi connectivity index (χ2v) is 5.31. The molecular weight excluding hydrogens is 375 g/mol. The van der Waals surface area contributed by atoms with E-state index in [9.17, 15) is 9.90 Å². The Kier molecular flexibility index (Phi) is 6.37. The third-order valence-corrected chi connectivity index (χ3v) is 3.73. The SMILES string of the molecule is Cl.Cl.Cn1c(C(=O)O)cc2c(Cl)cc(Oc3ccc(N)cc3)cc21. The molecule has 0 amide bonds. The van der Waals surface area contributed by atoms with Gasteiger partial charge < -0.3 is 20.1 Å². The predicted octanol–water partition coefficient (Wildman–Crippen LogP) is 4.75. The van der Waals surface area contributed by atoms with Crippen LogP contribution in [0.5, 0.6) is 11.5 Å². The van der Waals surface area contributed by atoms with E-state index < -0.39 is 5.97 Å². The number of aromatic carboxylic acids is 1. The molecule has 0 aliphatic carbocycles. The Morgan fingerprint density at radius 3 is 2.33 bits per heavy atom. The van der Waals surface area contributed by atoms with Gasteiger partial charge >= 0.3 is 5.97 Å². The molecule has 0 unspecified atom stereocenters. The number of rotatable bonds is 3. The summed E-state index contributed by atoms with van der Waals surface area (Å²) in [4.78, 5) is 11.2. The van der Waals surface area contributed by atoms with Gasteiger partial charge in [0.1, 0.15) is 17.2 Å². The molecule has 24 heavy (non-hydrogen) atoms. The molecule has 0 atom stereocenters. The second-order valence-electron chi connectivity index (χ2n) is 4.90. The van der Waals surface area contributed by atoms with Crippen LogP contribution in [-0.4, -0.2) is 15.6 Å². The fourth-order valence-corrected chi connectivity index (χ4v) is 2.56. The second kappa shape index (κ2) is 7.66. The van der Waals surface area contributed by atoms with Crippen LogP contribution in [-0.2, 0) is 7.05 Å². The molecule has 1 aromatic heterocycles. The number of aromatic nitrogens is 1. The lowest BCUT2D eigenvalue weighted by molar-refractivity contribution is 0.0687. The molecule has 3 rings (SSSR count). The number of nitrogen functional groups attached to an aromatic ring is 1. The van der Waals surface area contributed by atoms with E-state index in [1.54, 1.807) is 54.1 Å². The lowest BCUT2D eigenvalue weighted by atomic mass is 10.2. The highest BCUT2D eigenvalue weighted by molar-refractivity contribution is 6.35. The monoisotopic (exact) mass is 388 g/mol. The number of fused-ring (bicyclic) bond motifs is 1. The van der Waals surface area contributed by atoms with Gasteiger partial charge in [0.2, 0.25) is 0 Å². The largest absolute Gasteiger partial charge is 0.477 e. The third-order valence-electron chi connectivity index (χ3n) is 3.42. The van der Waals surface area contributed by atoms with Crippen LogP contribution in [0.1, 0.15) is 10.5 Å². The van der Waals surface area contributed by atoms with E-state index in [2.05, 4.69) is 0 Å². The summed E-state index contributed by atoms with van der Waals surface area (Å²) in [5, 5.41) is 10.3. The minimum atomic E-state index is -1.00. The molecule has 0 saturated heterocycles. The number of anilines is 1. The Bertz CT molecular complexity index is 876. The van der Waals surface area contributed by atoms with Crippen molar-refractivity contribution in [1.29, 1.82) is 0 Å². The van der Waals surface area contributed by atoms with Crippen LogP contribution >= 0.6 is 36.4 Å². The van der Waals surface area contributed by atoms with E-state index in [0.29, 0.717) is 33.1 Å². The van der Waals surface area contributed by atoms with Gasteiger partial charge in [0.15, 0.2) is 0 Å². The zero-order valence-electron chi connectivity index (χ0n) is 12.5. The van der Waals surface area contributed by atoms with Gasteiger partial charge in [-0.2, -0.15) is 0 Å². The number of ether oxygens (including phenoxy) is 1. The maximum Gasteiger partial charge on any atom is 0.352 e.